The Balaban J connectivity index is 2.61. The predicted molar refractivity (Wildman–Crippen MR) is 88.8 cm³/mol. The van der Waals surface area contributed by atoms with Crippen molar-refractivity contribution >= 4 is 28.9 Å². The topological polar surface area (TPSA) is 54.7 Å². The smallest absolute Gasteiger partial charge is 0.140 e. The Bertz CT molecular complexity index is 710. The summed E-state index contributed by atoms with van der Waals surface area (Å²) >= 11 is 12.2. The van der Waals surface area contributed by atoms with Crippen molar-refractivity contribution in [3.05, 3.63) is 57.8 Å². The van der Waals surface area contributed by atoms with Gasteiger partial charge in [-0.1, -0.05) is 28.4 Å². The van der Waals surface area contributed by atoms with Crippen molar-refractivity contribution in [1.82, 2.24) is 4.98 Å². The molecule has 22 heavy (non-hydrogen) atoms. The average molecular weight is 339 g/mol. The number of nitrogens with zero attached hydrogens (tertiary/aromatic N) is 2. The zero-order chi connectivity index (χ0) is 16.3. The Morgan fingerprint density at radius 3 is 2.59 bits per heavy atom. The number of phenolic OH excluding ortho intramolecular Hbond substituents is 1. The summed E-state index contributed by atoms with van der Waals surface area (Å²) in [7, 11) is 0. The third-order valence-corrected chi connectivity index (χ3v) is 3.15. The van der Waals surface area contributed by atoms with Crippen LogP contribution in [0.5, 0.6) is 5.75 Å². The van der Waals surface area contributed by atoms with Gasteiger partial charge in [0.25, 0.3) is 0 Å². The summed E-state index contributed by atoms with van der Waals surface area (Å²) in [6.07, 6.45) is 1.59. The van der Waals surface area contributed by atoms with E-state index < -0.39 is 5.60 Å². The first-order valence-corrected chi connectivity index (χ1v) is 7.39. The zero-order valence-electron chi connectivity index (χ0n) is 12.5. The molecule has 0 saturated heterocycles. The number of oxime groups is 1. The predicted octanol–water partition coefficient (Wildman–Crippen LogP) is 4.66. The van der Waals surface area contributed by atoms with Gasteiger partial charge in [-0.3, -0.25) is 4.98 Å². The third-order valence-electron chi connectivity index (χ3n) is 2.61. The first-order valence-electron chi connectivity index (χ1n) is 6.64. The standard InChI is InChI=1S/C16H16Cl2N2O2/c1-16(2,3)22-20-14(15-12(18)5-4-8-19-15)11-9-10(17)6-7-13(11)21/h4-9,21H,1-3H3/b20-14-. The Kier molecular flexibility index (Phi) is 4.94. The molecule has 0 fully saturated rings. The molecule has 0 saturated carbocycles. The number of phenols is 1. The van der Waals surface area contributed by atoms with Gasteiger partial charge in [-0.15, -0.1) is 0 Å². The quantitative estimate of drug-likeness (QED) is 0.653. The van der Waals surface area contributed by atoms with Crippen LogP contribution < -0.4 is 0 Å². The first-order chi connectivity index (χ1) is 10.3. The number of halogens is 2. The number of pyridine rings is 1. The summed E-state index contributed by atoms with van der Waals surface area (Å²) in [4.78, 5) is 9.71. The first kappa shape index (κ1) is 16.6. The maximum atomic E-state index is 10.1. The summed E-state index contributed by atoms with van der Waals surface area (Å²) in [5.74, 6) is 0.0161. The van der Waals surface area contributed by atoms with Crippen molar-refractivity contribution in [2.75, 3.05) is 0 Å². The fourth-order valence-corrected chi connectivity index (χ4v) is 2.04. The van der Waals surface area contributed by atoms with Gasteiger partial charge in [0.15, 0.2) is 0 Å². The molecule has 0 spiro atoms. The van der Waals surface area contributed by atoms with Gasteiger partial charge in [0, 0.05) is 16.8 Å². The molecular formula is C16H16Cl2N2O2. The Labute approximate surface area is 139 Å². The second-order valence-electron chi connectivity index (χ2n) is 5.64. The van der Waals surface area contributed by atoms with Crippen molar-refractivity contribution in [1.29, 1.82) is 0 Å². The molecule has 1 aromatic heterocycles. The summed E-state index contributed by atoms with van der Waals surface area (Å²) in [6.45, 7) is 5.60. The fourth-order valence-electron chi connectivity index (χ4n) is 1.66. The van der Waals surface area contributed by atoms with E-state index in [1.54, 1.807) is 30.5 Å². The summed E-state index contributed by atoms with van der Waals surface area (Å²) in [5, 5.41) is 15.1. The monoisotopic (exact) mass is 338 g/mol. The molecular weight excluding hydrogens is 323 g/mol. The highest BCUT2D eigenvalue weighted by molar-refractivity contribution is 6.35. The number of hydrogen-bond donors (Lipinski definition) is 1. The molecule has 1 N–H and O–H groups in total. The van der Waals surface area contributed by atoms with Crippen LogP contribution in [0.3, 0.4) is 0 Å². The molecule has 2 aromatic rings. The van der Waals surface area contributed by atoms with Gasteiger partial charge >= 0.3 is 0 Å². The lowest BCUT2D eigenvalue weighted by molar-refractivity contribution is 0.00111. The lowest BCUT2D eigenvalue weighted by atomic mass is 10.1. The van der Waals surface area contributed by atoms with Crippen molar-refractivity contribution in [2.24, 2.45) is 5.16 Å². The van der Waals surface area contributed by atoms with Gasteiger partial charge in [-0.05, 0) is 51.1 Å². The van der Waals surface area contributed by atoms with Crippen LogP contribution in [-0.2, 0) is 4.84 Å². The van der Waals surface area contributed by atoms with E-state index in [-0.39, 0.29) is 5.75 Å². The molecule has 0 aliphatic carbocycles. The second-order valence-corrected chi connectivity index (χ2v) is 6.48. The molecule has 0 radical (unpaired) electrons. The van der Waals surface area contributed by atoms with Gasteiger partial charge in [0.1, 0.15) is 22.8 Å². The highest BCUT2D eigenvalue weighted by Gasteiger charge is 2.19. The summed E-state index contributed by atoms with van der Waals surface area (Å²) in [6, 6.07) is 8.07. The lowest BCUT2D eigenvalue weighted by Crippen LogP contribution is -2.18. The molecule has 0 bridgehead atoms. The van der Waals surface area contributed by atoms with E-state index in [4.69, 9.17) is 28.0 Å². The number of aromatic nitrogens is 1. The normalized spacial score (nSPS) is 12.3. The Morgan fingerprint density at radius 2 is 1.95 bits per heavy atom. The maximum absolute atomic E-state index is 10.1. The molecule has 0 aliphatic rings. The van der Waals surface area contributed by atoms with Gasteiger partial charge < -0.3 is 9.94 Å². The minimum absolute atomic E-state index is 0.0161. The van der Waals surface area contributed by atoms with Crippen molar-refractivity contribution in [3.63, 3.8) is 0 Å². The van der Waals surface area contributed by atoms with Crippen LogP contribution in [0, 0.1) is 0 Å². The summed E-state index contributed by atoms with van der Waals surface area (Å²) < 4.78 is 0. The highest BCUT2D eigenvalue weighted by Crippen LogP contribution is 2.27. The van der Waals surface area contributed by atoms with Gasteiger partial charge in [-0.2, -0.15) is 0 Å². The minimum atomic E-state index is -0.499. The van der Waals surface area contributed by atoms with Crippen molar-refractivity contribution < 1.29 is 9.94 Å². The van der Waals surface area contributed by atoms with Crippen molar-refractivity contribution in [3.8, 4) is 5.75 Å². The van der Waals surface area contributed by atoms with Gasteiger partial charge in [0.05, 0.1) is 5.02 Å². The maximum Gasteiger partial charge on any atom is 0.140 e. The zero-order valence-corrected chi connectivity index (χ0v) is 14.0. The largest absolute Gasteiger partial charge is 0.507 e. The van der Waals surface area contributed by atoms with Gasteiger partial charge in [-0.25, -0.2) is 0 Å². The van der Waals surface area contributed by atoms with E-state index in [1.807, 2.05) is 20.8 Å². The van der Waals surface area contributed by atoms with E-state index in [0.29, 0.717) is 27.0 Å². The van der Waals surface area contributed by atoms with Crippen LogP contribution in [0.25, 0.3) is 0 Å². The molecule has 6 heteroatoms. The molecule has 2 rings (SSSR count). The van der Waals surface area contributed by atoms with E-state index in [2.05, 4.69) is 10.1 Å². The van der Waals surface area contributed by atoms with Crippen LogP contribution in [0.2, 0.25) is 10.0 Å². The number of benzene rings is 1. The molecule has 1 heterocycles. The second kappa shape index (κ2) is 6.55. The molecule has 116 valence electrons. The minimum Gasteiger partial charge on any atom is -0.507 e. The van der Waals surface area contributed by atoms with E-state index in [0.717, 1.165) is 0 Å². The van der Waals surface area contributed by atoms with Crippen LogP contribution in [-0.4, -0.2) is 21.4 Å². The lowest BCUT2D eigenvalue weighted by Gasteiger charge is -2.17. The summed E-state index contributed by atoms with van der Waals surface area (Å²) in [5.41, 5.74) is 0.629. The van der Waals surface area contributed by atoms with E-state index in [1.165, 1.54) is 6.07 Å². The molecule has 1 aromatic carbocycles. The van der Waals surface area contributed by atoms with E-state index in [9.17, 15) is 5.11 Å². The van der Waals surface area contributed by atoms with Gasteiger partial charge in [0.2, 0.25) is 0 Å². The number of rotatable bonds is 3. The van der Waals surface area contributed by atoms with E-state index >= 15 is 0 Å². The van der Waals surface area contributed by atoms with Crippen LogP contribution >= 0.6 is 23.2 Å². The fraction of sp³-hybridized carbons (Fsp3) is 0.250. The van der Waals surface area contributed by atoms with Crippen LogP contribution in [0.4, 0.5) is 0 Å². The average Bonchev–Trinajstić information content (AvgIpc) is 2.43. The Morgan fingerprint density at radius 1 is 1.23 bits per heavy atom. The van der Waals surface area contributed by atoms with Crippen LogP contribution in [0.1, 0.15) is 32.0 Å². The SMILES string of the molecule is CC(C)(C)O/N=C(/c1cc(Cl)ccc1O)c1ncccc1Cl. The molecule has 0 aliphatic heterocycles. The molecule has 4 nitrogen and oxygen atoms in total. The van der Waals surface area contributed by atoms with Crippen LogP contribution in [0.15, 0.2) is 41.7 Å². The third kappa shape index (κ3) is 4.12. The molecule has 0 unspecified atom stereocenters. The highest BCUT2D eigenvalue weighted by atomic mass is 35.5. The molecule has 0 amide bonds. The number of hydrogen-bond acceptors (Lipinski definition) is 4. The van der Waals surface area contributed by atoms with Crippen molar-refractivity contribution in [2.45, 2.75) is 26.4 Å². The molecule has 0 atom stereocenters. The Hall–Kier alpha value is -1.78. The number of aromatic hydroxyl groups is 1.